The van der Waals surface area contributed by atoms with Gasteiger partial charge < -0.3 is 15.0 Å². The van der Waals surface area contributed by atoms with Gasteiger partial charge in [-0.25, -0.2) is 0 Å². The van der Waals surface area contributed by atoms with Gasteiger partial charge in [0.1, 0.15) is 0 Å². The number of carbonyl (C=O) groups is 1. The Morgan fingerprint density at radius 1 is 1.19 bits per heavy atom. The van der Waals surface area contributed by atoms with E-state index in [1.54, 1.807) is 12.4 Å². The minimum absolute atomic E-state index is 0.00588. The quantitative estimate of drug-likeness (QED) is 0.813. The maximum absolute atomic E-state index is 12.6. The number of aromatic nitrogens is 1. The molecular weight excluding hydrogens is 340 g/mol. The molecule has 1 amide bonds. The molecule has 0 saturated carbocycles. The Bertz CT molecular complexity index is 715. The predicted octanol–water partition coefficient (Wildman–Crippen LogP) is 2.42. The summed E-state index contributed by atoms with van der Waals surface area (Å²) < 4.78 is 5.39. The number of benzene rings is 1. The van der Waals surface area contributed by atoms with Gasteiger partial charge in [0.25, 0.3) is 0 Å². The first-order chi connectivity index (χ1) is 13.1. The number of nitrogens with one attached hydrogen (secondary N) is 1. The molecule has 6 heteroatoms. The van der Waals surface area contributed by atoms with Crippen LogP contribution in [0.4, 0.5) is 11.4 Å². The summed E-state index contributed by atoms with van der Waals surface area (Å²) in [5.41, 5.74) is 3.22. The summed E-state index contributed by atoms with van der Waals surface area (Å²) in [7, 11) is 1.98. The van der Waals surface area contributed by atoms with E-state index in [0.29, 0.717) is 0 Å². The number of ether oxygens (including phenoxy) is 1. The molecule has 0 unspecified atom stereocenters. The lowest BCUT2D eigenvalue weighted by atomic mass is 10.1. The third kappa shape index (κ3) is 5.52. The summed E-state index contributed by atoms with van der Waals surface area (Å²) in [5, 5.41) is 3.02. The van der Waals surface area contributed by atoms with Crippen molar-refractivity contribution in [3.8, 4) is 0 Å². The van der Waals surface area contributed by atoms with Crippen LogP contribution < -0.4 is 10.2 Å². The highest BCUT2D eigenvalue weighted by atomic mass is 16.5. The van der Waals surface area contributed by atoms with Crippen LogP contribution >= 0.6 is 0 Å². The Balaban J connectivity index is 1.49. The van der Waals surface area contributed by atoms with E-state index < -0.39 is 0 Å². The van der Waals surface area contributed by atoms with Gasteiger partial charge in [0.05, 0.1) is 19.3 Å². The second-order valence-corrected chi connectivity index (χ2v) is 6.90. The zero-order valence-electron chi connectivity index (χ0n) is 16.1. The predicted molar refractivity (Wildman–Crippen MR) is 108 cm³/mol. The number of rotatable bonds is 7. The molecule has 2 heterocycles. The van der Waals surface area contributed by atoms with Gasteiger partial charge in [-0.3, -0.25) is 14.7 Å². The van der Waals surface area contributed by atoms with Crippen LogP contribution in [0.2, 0.25) is 0 Å². The molecule has 0 radical (unpaired) electrons. The fraction of sp³-hybridized carbons (Fsp3) is 0.429. The molecule has 1 aromatic heterocycles. The average Bonchev–Trinajstić information content (AvgIpc) is 2.73. The molecule has 1 fully saturated rings. The number of anilines is 2. The van der Waals surface area contributed by atoms with Crippen molar-refractivity contribution in [2.75, 3.05) is 50.1 Å². The van der Waals surface area contributed by atoms with Gasteiger partial charge in [-0.05, 0) is 62.4 Å². The molecule has 0 spiro atoms. The average molecular weight is 368 g/mol. The largest absolute Gasteiger partial charge is 0.378 e. The van der Waals surface area contributed by atoms with Crippen LogP contribution in [0.1, 0.15) is 12.5 Å². The Morgan fingerprint density at radius 2 is 1.85 bits per heavy atom. The normalized spacial score (nSPS) is 15.6. The van der Waals surface area contributed by atoms with E-state index in [0.717, 1.165) is 45.0 Å². The molecule has 0 aliphatic carbocycles. The standard InChI is InChI=1S/C21H28N4O2/c1-17(24(2)12-9-18-7-10-22-11-8-18)21(26)23-19-3-5-20(6-4-19)25-13-15-27-16-14-25/h3-8,10-11,17H,9,12-16H2,1-2H3,(H,23,26)/t17-/m0/s1. The third-order valence-corrected chi connectivity index (χ3v) is 5.05. The summed E-state index contributed by atoms with van der Waals surface area (Å²) in [6.07, 6.45) is 4.49. The van der Waals surface area contributed by atoms with Crippen molar-refractivity contribution >= 4 is 17.3 Å². The molecule has 1 aliphatic rings. The first-order valence-corrected chi connectivity index (χ1v) is 9.46. The lowest BCUT2D eigenvalue weighted by molar-refractivity contribution is -0.120. The number of hydrogen-bond donors (Lipinski definition) is 1. The van der Waals surface area contributed by atoms with E-state index in [9.17, 15) is 4.79 Å². The van der Waals surface area contributed by atoms with E-state index in [2.05, 4.69) is 32.2 Å². The van der Waals surface area contributed by atoms with Crippen LogP contribution in [-0.4, -0.2) is 61.7 Å². The van der Waals surface area contributed by atoms with Gasteiger partial charge in [0.2, 0.25) is 5.91 Å². The zero-order valence-corrected chi connectivity index (χ0v) is 16.1. The van der Waals surface area contributed by atoms with Gasteiger partial charge in [0, 0.05) is 43.4 Å². The highest BCUT2D eigenvalue weighted by Crippen LogP contribution is 2.19. The van der Waals surface area contributed by atoms with Crippen molar-refractivity contribution < 1.29 is 9.53 Å². The van der Waals surface area contributed by atoms with Crippen molar-refractivity contribution in [2.45, 2.75) is 19.4 Å². The molecule has 2 aromatic rings. The molecular formula is C21H28N4O2. The maximum atomic E-state index is 12.6. The smallest absolute Gasteiger partial charge is 0.241 e. The summed E-state index contributed by atoms with van der Waals surface area (Å²) in [6.45, 7) is 6.10. The molecule has 3 rings (SSSR count). The summed E-state index contributed by atoms with van der Waals surface area (Å²) in [6, 6.07) is 11.9. The van der Waals surface area contributed by atoms with E-state index in [1.165, 1.54) is 11.3 Å². The van der Waals surface area contributed by atoms with Crippen molar-refractivity contribution in [1.82, 2.24) is 9.88 Å². The minimum Gasteiger partial charge on any atom is -0.378 e. The number of carbonyl (C=O) groups excluding carboxylic acids is 1. The lowest BCUT2D eigenvalue weighted by Gasteiger charge is -2.29. The molecule has 1 N–H and O–H groups in total. The van der Waals surface area contributed by atoms with Gasteiger partial charge >= 0.3 is 0 Å². The molecule has 1 atom stereocenters. The molecule has 144 valence electrons. The first kappa shape index (κ1) is 19.3. The molecule has 6 nitrogen and oxygen atoms in total. The van der Waals surface area contributed by atoms with Crippen LogP contribution in [0.3, 0.4) is 0 Å². The Hall–Kier alpha value is -2.44. The maximum Gasteiger partial charge on any atom is 0.241 e. The number of nitrogens with zero attached hydrogens (tertiary/aromatic N) is 3. The fourth-order valence-corrected chi connectivity index (χ4v) is 3.07. The van der Waals surface area contributed by atoms with Gasteiger partial charge in [-0.2, -0.15) is 0 Å². The van der Waals surface area contributed by atoms with Crippen molar-refractivity contribution in [2.24, 2.45) is 0 Å². The SMILES string of the molecule is C[C@@H](C(=O)Nc1ccc(N2CCOCC2)cc1)N(C)CCc1ccncc1. The molecule has 27 heavy (non-hydrogen) atoms. The van der Waals surface area contributed by atoms with E-state index in [-0.39, 0.29) is 11.9 Å². The van der Waals surface area contributed by atoms with Gasteiger partial charge in [-0.15, -0.1) is 0 Å². The van der Waals surface area contributed by atoms with Crippen LogP contribution in [0.5, 0.6) is 0 Å². The highest BCUT2D eigenvalue weighted by Gasteiger charge is 2.18. The summed E-state index contributed by atoms with van der Waals surface area (Å²) in [4.78, 5) is 21.0. The van der Waals surface area contributed by atoms with Gasteiger partial charge in [-0.1, -0.05) is 0 Å². The number of morpholine rings is 1. The Labute approximate surface area is 161 Å². The van der Waals surface area contributed by atoms with Crippen molar-refractivity contribution in [3.05, 3.63) is 54.4 Å². The van der Waals surface area contributed by atoms with E-state index in [1.807, 2.05) is 38.2 Å². The monoisotopic (exact) mass is 368 g/mol. The number of amides is 1. The first-order valence-electron chi connectivity index (χ1n) is 9.46. The third-order valence-electron chi connectivity index (χ3n) is 5.05. The second kappa shape index (κ2) is 9.48. The zero-order chi connectivity index (χ0) is 19.1. The number of likely N-dealkylation sites (N-methyl/N-ethyl adjacent to an activating group) is 1. The molecule has 1 aliphatic heterocycles. The van der Waals surface area contributed by atoms with E-state index in [4.69, 9.17) is 4.74 Å². The second-order valence-electron chi connectivity index (χ2n) is 6.90. The Kier molecular flexibility index (Phi) is 6.79. The molecule has 1 saturated heterocycles. The Morgan fingerprint density at radius 3 is 2.52 bits per heavy atom. The molecule has 1 aromatic carbocycles. The highest BCUT2D eigenvalue weighted by molar-refractivity contribution is 5.94. The number of hydrogen-bond acceptors (Lipinski definition) is 5. The van der Waals surface area contributed by atoms with Crippen LogP contribution in [0.15, 0.2) is 48.8 Å². The van der Waals surface area contributed by atoms with Crippen LogP contribution in [-0.2, 0) is 16.0 Å². The summed E-state index contributed by atoms with van der Waals surface area (Å²) in [5.74, 6) is 0.00588. The molecule has 0 bridgehead atoms. The van der Waals surface area contributed by atoms with Crippen LogP contribution in [0.25, 0.3) is 0 Å². The topological polar surface area (TPSA) is 57.7 Å². The van der Waals surface area contributed by atoms with Crippen LogP contribution in [0, 0.1) is 0 Å². The minimum atomic E-state index is -0.203. The van der Waals surface area contributed by atoms with Crippen molar-refractivity contribution in [3.63, 3.8) is 0 Å². The number of pyridine rings is 1. The van der Waals surface area contributed by atoms with Crippen molar-refractivity contribution in [1.29, 1.82) is 0 Å². The summed E-state index contributed by atoms with van der Waals surface area (Å²) >= 11 is 0. The fourth-order valence-electron chi connectivity index (χ4n) is 3.07. The van der Waals surface area contributed by atoms with Gasteiger partial charge in [0.15, 0.2) is 0 Å². The van der Waals surface area contributed by atoms with E-state index >= 15 is 0 Å². The lowest BCUT2D eigenvalue weighted by Crippen LogP contribution is -2.40.